The number of nitrogens with zero attached hydrogens (tertiary/aromatic N) is 6. The molecule has 4 rings (SSSR count). The second kappa shape index (κ2) is 8.00. The molecule has 0 unspecified atom stereocenters. The summed E-state index contributed by atoms with van der Waals surface area (Å²) in [5.41, 5.74) is 0.883. The Kier molecular flexibility index (Phi) is 5.39. The third-order valence-corrected chi connectivity index (χ3v) is 6.82. The van der Waals surface area contributed by atoms with Crippen molar-refractivity contribution in [3.8, 4) is 11.6 Å². The van der Waals surface area contributed by atoms with Crippen molar-refractivity contribution in [2.75, 3.05) is 38.2 Å². The minimum atomic E-state index is -3.88. The van der Waals surface area contributed by atoms with E-state index in [0.29, 0.717) is 24.7 Å². The Labute approximate surface area is 173 Å². The number of benzene rings is 1. The summed E-state index contributed by atoms with van der Waals surface area (Å²) >= 11 is 0. The van der Waals surface area contributed by atoms with Crippen LogP contribution < -0.4 is 9.64 Å². The van der Waals surface area contributed by atoms with Crippen LogP contribution in [0.1, 0.15) is 5.69 Å². The third-order valence-electron chi connectivity index (χ3n) is 4.90. The van der Waals surface area contributed by atoms with Gasteiger partial charge in [-0.05, 0) is 43.3 Å². The van der Waals surface area contributed by atoms with Gasteiger partial charge in [-0.15, -0.1) is 10.2 Å². The zero-order valence-corrected chi connectivity index (χ0v) is 17.4. The molecule has 1 saturated heterocycles. The van der Waals surface area contributed by atoms with Crippen LogP contribution in [0.4, 0.5) is 10.2 Å². The zero-order valence-electron chi connectivity index (χ0n) is 16.6. The number of hydrogen-bond donors (Lipinski definition) is 0. The fourth-order valence-electron chi connectivity index (χ4n) is 3.30. The number of anilines is 1. The topological polar surface area (TPSA) is 93.5 Å². The van der Waals surface area contributed by atoms with Crippen molar-refractivity contribution in [3.63, 3.8) is 0 Å². The maximum Gasteiger partial charge on any atom is 0.246 e. The van der Waals surface area contributed by atoms with E-state index >= 15 is 0 Å². The molecule has 9 nitrogen and oxygen atoms in total. The molecule has 1 aromatic carbocycles. The van der Waals surface area contributed by atoms with E-state index in [1.807, 2.05) is 36.2 Å². The largest absolute Gasteiger partial charge is 0.495 e. The lowest BCUT2D eigenvalue weighted by Gasteiger charge is -2.34. The van der Waals surface area contributed by atoms with Crippen LogP contribution in [0.2, 0.25) is 0 Å². The van der Waals surface area contributed by atoms with Gasteiger partial charge in [0.05, 0.1) is 12.8 Å². The first-order valence-corrected chi connectivity index (χ1v) is 10.8. The maximum atomic E-state index is 13.7. The van der Waals surface area contributed by atoms with Crippen molar-refractivity contribution in [1.82, 2.24) is 24.3 Å². The fourth-order valence-corrected chi connectivity index (χ4v) is 4.89. The molecule has 0 bridgehead atoms. The monoisotopic (exact) mass is 432 g/mol. The van der Waals surface area contributed by atoms with Crippen molar-refractivity contribution in [3.05, 3.63) is 54.1 Å². The Hall–Kier alpha value is -3.05. The number of ether oxygens (including phenoxy) is 1. The number of halogens is 1. The van der Waals surface area contributed by atoms with E-state index in [2.05, 4.69) is 15.3 Å². The summed E-state index contributed by atoms with van der Waals surface area (Å²) in [6.07, 6.45) is 1.81. The molecule has 30 heavy (non-hydrogen) atoms. The van der Waals surface area contributed by atoms with E-state index in [9.17, 15) is 12.8 Å². The molecule has 158 valence electrons. The highest BCUT2D eigenvalue weighted by Gasteiger charge is 2.31. The van der Waals surface area contributed by atoms with Crippen molar-refractivity contribution in [2.24, 2.45) is 0 Å². The summed E-state index contributed by atoms with van der Waals surface area (Å²) in [6, 6.07) is 9.00. The Morgan fingerprint density at radius 1 is 1.00 bits per heavy atom. The Morgan fingerprint density at radius 2 is 1.70 bits per heavy atom. The van der Waals surface area contributed by atoms with E-state index in [0.717, 1.165) is 11.8 Å². The van der Waals surface area contributed by atoms with E-state index < -0.39 is 15.8 Å². The minimum absolute atomic E-state index is 0.120. The van der Waals surface area contributed by atoms with Gasteiger partial charge >= 0.3 is 0 Å². The summed E-state index contributed by atoms with van der Waals surface area (Å²) in [4.78, 5) is 1.79. The lowest BCUT2D eigenvalue weighted by atomic mass is 10.3. The van der Waals surface area contributed by atoms with E-state index in [4.69, 9.17) is 4.74 Å². The number of methoxy groups -OCH3 is 1. The second-order valence-electron chi connectivity index (χ2n) is 6.84. The molecule has 0 aliphatic carbocycles. The molecule has 0 saturated carbocycles. The summed E-state index contributed by atoms with van der Waals surface area (Å²) in [6.45, 7) is 3.25. The highest BCUT2D eigenvalue weighted by Crippen LogP contribution is 2.28. The van der Waals surface area contributed by atoms with Gasteiger partial charge in [0.15, 0.2) is 11.6 Å². The Morgan fingerprint density at radius 3 is 2.30 bits per heavy atom. The van der Waals surface area contributed by atoms with Gasteiger partial charge < -0.3 is 9.64 Å². The Balaban J connectivity index is 1.47. The van der Waals surface area contributed by atoms with Crippen molar-refractivity contribution in [1.29, 1.82) is 0 Å². The molecule has 0 N–H and O–H groups in total. The summed E-state index contributed by atoms with van der Waals surface area (Å²) in [5.74, 6) is 0.749. The highest BCUT2D eigenvalue weighted by molar-refractivity contribution is 7.89. The second-order valence-corrected chi connectivity index (χ2v) is 8.74. The molecule has 0 amide bonds. The van der Waals surface area contributed by atoms with Gasteiger partial charge in [0, 0.05) is 32.4 Å². The maximum absolute atomic E-state index is 13.7. The fraction of sp³-hybridized carbons (Fsp3) is 0.316. The van der Waals surface area contributed by atoms with E-state index in [1.54, 1.807) is 4.68 Å². The van der Waals surface area contributed by atoms with E-state index in [1.165, 1.54) is 23.5 Å². The van der Waals surface area contributed by atoms with Gasteiger partial charge in [-0.1, -0.05) is 0 Å². The van der Waals surface area contributed by atoms with Crippen LogP contribution in [-0.4, -0.2) is 66.0 Å². The highest BCUT2D eigenvalue weighted by atomic mass is 32.2. The van der Waals surface area contributed by atoms with Crippen LogP contribution in [-0.2, 0) is 10.0 Å². The average Bonchev–Trinajstić information content (AvgIpc) is 3.20. The molecule has 0 atom stereocenters. The van der Waals surface area contributed by atoms with Crippen LogP contribution in [0.15, 0.2) is 47.5 Å². The number of sulfonamides is 1. The smallest absolute Gasteiger partial charge is 0.246 e. The van der Waals surface area contributed by atoms with Gasteiger partial charge in [-0.2, -0.15) is 9.40 Å². The molecule has 3 aromatic rings. The number of hydrogen-bond acceptors (Lipinski definition) is 7. The van der Waals surface area contributed by atoms with Crippen molar-refractivity contribution < 1.29 is 17.5 Å². The van der Waals surface area contributed by atoms with Gasteiger partial charge in [0.2, 0.25) is 10.0 Å². The minimum Gasteiger partial charge on any atom is -0.495 e. The molecule has 2 aromatic heterocycles. The summed E-state index contributed by atoms with van der Waals surface area (Å²) < 4.78 is 47.7. The van der Waals surface area contributed by atoms with Gasteiger partial charge in [-0.3, -0.25) is 0 Å². The first-order valence-electron chi connectivity index (χ1n) is 9.33. The number of aromatic nitrogens is 4. The molecular weight excluding hydrogens is 411 g/mol. The standard InChI is InChI=1S/C19H21FN6O3S/c1-14-7-8-26(23-14)19-6-5-18(21-22-19)24-9-11-25(12-10-24)30(27,28)17-13-15(20)3-4-16(17)29-2/h3-8,13H,9-12H2,1-2H3. The van der Waals surface area contributed by atoms with Gasteiger partial charge in [0.25, 0.3) is 0 Å². The summed E-state index contributed by atoms with van der Waals surface area (Å²) in [7, 11) is -2.52. The van der Waals surface area contributed by atoms with Crippen LogP contribution in [0.25, 0.3) is 5.82 Å². The molecule has 11 heteroatoms. The molecule has 0 spiro atoms. The van der Waals surface area contributed by atoms with Crippen molar-refractivity contribution >= 4 is 15.8 Å². The lowest BCUT2D eigenvalue weighted by Crippen LogP contribution is -2.49. The Bertz CT molecular complexity index is 1140. The van der Waals surface area contributed by atoms with Crippen LogP contribution in [0, 0.1) is 12.7 Å². The predicted molar refractivity (Wildman–Crippen MR) is 108 cm³/mol. The normalized spacial score (nSPS) is 15.4. The lowest BCUT2D eigenvalue weighted by molar-refractivity contribution is 0.372. The van der Waals surface area contributed by atoms with Crippen molar-refractivity contribution in [2.45, 2.75) is 11.8 Å². The molecule has 0 radical (unpaired) electrons. The molecular formula is C19H21FN6O3S. The van der Waals surface area contributed by atoms with Crippen LogP contribution in [0.3, 0.4) is 0 Å². The zero-order chi connectivity index (χ0) is 21.3. The molecule has 1 aliphatic heterocycles. The van der Waals surface area contributed by atoms with Crippen LogP contribution in [0.5, 0.6) is 5.75 Å². The number of rotatable bonds is 5. The van der Waals surface area contributed by atoms with E-state index in [-0.39, 0.29) is 23.7 Å². The SMILES string of the molecule is COc1ccc(F)cc1S(=O)(=O)N1CCN(c2ccc(-n3ccc(C)n3)nn2)CC1. The van der Waals surface area contributed by atoms with Gasteiger partial charge in [-0.25, -0.2) is 17.5 Å². The quantitative estimate of drug-likeness (QED) is 0.605. The average molecular weight is 432 g/mol. The third kappa shape index (κ3) is 3.85. The molecule has 3 heterocycles. The van der Waals surface area contributed by atoms with Gasteiger partial charge in [0.1, 0.15) is 16.5 Å². The molecule has 1 aliphatic rings. The first-order chi connectivity index (χ1) is 14.4. The number of aryl methyl sites for hydroxylation is 1. The predicted octanol–water partition coefficient (Wildman–Crippen LogP) is 1.63. The van der Waals surface area contributed by atoms with Crippen LogP contribution >= 0.6 is 0 Å². The summed E-state index contributed by atoms with van der Waals surface area (Å²) in [5, 5.41) is 12.8. The first kappa shape index (κ1) is 20.2. The molecule has 1 fully saturated rings. The number of piperazine rings is 1.